The van der Waals surface area contributed by atoms with E-state index in [9.17, 15) is 0 Å². The average Bonchev–Trinajstić information content (AvgIpc) is 2.27. The van der Waals surface area contributed by atoms with Gasteiger partial charge in [0.25, 0.3) is 0 Å². The molecule has 0 unspecified atom stereocenters. The standard InChI is InChI=1S/C14H26N4O/c1-7-15-11-8-12(17-13(16-11)10(2)3)18-14(4,5)9-19-6/h8,10H,7,9H2,1-6H3,(H2,15,16,17,18). The molecule has 0 aliphatic rings. The Labute approximate surface area is 116 Å². The molecular weight excluding hydrogens is 240 g/mol. The Morgan fingerprint density at radius 1 is 1.26 bits per heavy atom. The molecule has 0 atom stereocenters. The van der Waals surface area contributed by atoms with Gasteiger partial charge < -0.3 is 15.4 Å². The van der Waals surface area contributed by atoms with Crippen LogP contribution in [0.2, 0.25) is 0 Å². The highest BCUT2D eigenvalue weighted by Gasteiger charge is 2.19. The van der Waals surface area contributed by atoms with Gasteiger partial charge in [0.2, 0.25) is 0 Å². The summed E-state index contributed by atoms with van der Waals surface area (Å²) in [6.45, 7) is 11.9. The van der Waals surface area contributed by atoms with Crippen molar-refractivity contribution < 1.29 is 4.74 Å². The maximum atomic E-state index is 5.21. The SMILES string of the molecule is CCNc1cc(NC(C)(C)COC)nc(C(C)C)n1. The van der Waals surface area contributed by atoms with E-state index in [2.05, 4.69) is 55.2 Å². The van der Waals surface area contributed by atoms with E-state index in [1.807, 2.05) is 6.07 Å². The van der Waals surface area contributed by atoms with Crippen LogP contribution in [0.5, 0.6) is 0 Å². The summed E-state index contributed by atoms with van der Waals surface area (Å²) < 4.78 is 5.21. The summed E-state index contributed by atoms with van der Waals surface area (Å²) in [4.78, 5) is 9.07. The van der Waals surface area contributed by atoms with Crippen molar-refractivity contribution in [3.8, 4) is 0 Å². The van der Waals surface area contributed by atoms with E-state index in [4.69, 9.17) is 4.74 Å². The number of hydrogen-bond acceptors (Lipinski definition) is 5. The van der Waals surface area contributed by atoms with Gasteiger partial charge in [-0.3, -0.25) is 0 Å². The van der Waals surface area contributed by atoms with Gasteiger partial charge in [0.1, 0.15) is 17.5 Å². The molecule has 1 aromatic heterocycles. The summed E-state index contributed by atoms with van der Waals surface area (Å²) in [6.07, 6.45) is 0. The lowest BCUT2D eigenvalue weighted by molar-refractivity contribution is 0.158. The summed E-state index contributed by atoms with van der Waals surface area (Å²) in [7, 11) is 1.70. The molecule has 0 bridgehead atoms. The molecule has 0 aliphatic heterocycles. The number of nitrogens with zero attached hydrogens (tertiary/aromatic N) is 2. The Bertz CT molecular complexity index is 404. The second-order valence-corrected chi connectivity index (χ2v) is 5.62. The van der Waals surface area contributed by atoms with Crippen LogP contribution in [0.15, 0.2) is 6.07 Å². The molecular formula is C14H26N4O. The Hall–Kier alpha value is -1.36. The summed E-state index contributed by atoms with van der Waals surface area (Å²) in [6, 6.07) is 1.94. The van der Waals surface area contributed by atoms with Gasteiger partial charge in [0.05, 0.1) is 12.1 Å². The molecule has 0 aromatic carbocycles. The van der Waals surface area contributed by atoms with Crippen molar-refractivity contribution in [3.63, 3.8) is 0 Å². The molecule has 0 spiro atoms. The Kier molecular flexibility index (Phi) is 5.54. The molecule has 0 saturated heterocycles. The first-order valence-electron chi connectivity index (χ1n) is 6.78. The molecule has 1 rings (SSSR count). The smallest absolute Gasteiger partial charge is 0.135 e. The maximum absolute atomic E-state index is 5.21. The normalized spacial score (nSPS) is 11.7. The molecule has 0 fully saturated rings. The maximum Gasteiger partial charge on any atom is 0.135 e. The van der Waals surface area contributed by atoms with Gasteiger partial charge in [-0.2, -0.15) is 0 Å². The zero-order valence-electron chi connectivity index (χ0n) is 12.9. The summed E-state index contributed by atoms with van der Waals surface area (Å²) in [5.74, 6) is 2.83. The highest BCUT2D eigenvalue weighted by atomic mass is 16.5. The monoisotopic (exact) mass is 266 g/mol. The summed E-state index contributed by atoms with van der Waals surface area (Å²) in [5, 5.41) is 6.64. The van der Waals surface area contributed by atoms with Crippen molar-refractivity contribution in [2.75, 3.05) is 30.9 Å². The van der Waals surface area contributed by atoms with Crippen LogP contribution in [0, 0.1) is 0 Å². The second-order valence-electron chi connectivity index (χ2n) is 5.62. The van der Waals surface area contributed by atoms with Crippen molar-refractivity contribution >= 4 is 11.6 Å². The van der Waals surface area contributed by atoms with Gasteiger partial charge in [-0.05, 0) is 20.8 Å². The van der Waals surface area contributed by atoms with Crippen LogP contribution in [0.1, 0.15) is 46.4 Å². The number of hydrogen-bond donors (Lipinski definition) is 2. The van der Waals surface area contributed by atoms with E-state index in [0.29, 0.717) is 12.5 Å². The van der Waals surface area contributed by atoms with Crippen LogP contribution in [-0.4, -0.2) is 35.8 Å². The topological polar surface area (TPSA) is 59.1 Å². The van der Waals surface area contributed by atoms with Crippen molar-refractivity contribution in [2.45, 2.75) is 46.1 Å². The van der Waals surface area contributed by atoms with Gasteiger partial charge in [-0.25, -0.2) is 9.97 Å². The number of rotatable bonds is 7. The third kappa shape index (κ3) is 5.03. The van der Waals surface area contributed by atoms with E-state index in [1.54, 1.807) is 7.11 Å². The number of ether oxygens (including phenoxy) is 1. The van der Waals surface area contributed by atoms with Crippen LogP contribution in [0.3, 0.4) is 0 Å². The molecule has 0 amide bonds. The van der Waals surface area contributed by atoms with Crippen LogP contribution >= 0.6 is 0 Å². The van der Waals surface area contributed by atoms with Crippen LogP contribution in [0.4, 0.5) is 11.6 Å². The molecule has 0 saturated carbocycles. The van der Waals surface area contributed by atoms with E-state index in [0.717, 1.165) is 24.0 Å². The highest BCUT2D eigenvalue weighted by molar-refractivity contribution is 5.49. The lowest BCUT2D eigenvalue weighted by Crippen LogP contribution is -2.36. The highest BCUT2D eigenvalue weighted by Crippen LogP contribution is 2.20. The molecule has 1 aromatic rings. The molecule has 5 nitrogen and oxygen atoms in total. The number of aromatic nitrogens is 2. The Morgan fingerprint density at radius 2 is 1.89 bits per heavy atom. The van der Waals surface area contributed by atoms with E-state index >= 15 is 0 Å². The van der Waals surface area contributed by atoms with Crippen LogP contribution in [-0.2, 0) is 4.74 Å². The minimum atomic E-state index is -0.166. The lowest BCUT2D eigenvalue weighted by Gasteiger charge is -2.26. The zero-order valence-corrected chi connectivity index (χ0v) is 12.9. The van der Waals surface area contributed by atoms with E-state index in [1.165, 1.54) is 0 Å². The molecule has 19 heavy (non-hydrogen) atoms. The Morgan fingerprint density at radius 3 is 2.42 bits per heavy atom. The second kappa shape index (κ2) is 6.70. The molecule has 5 heteroatoms. The lowest BCUT2D eigenvalue weighted by atomic mass is 10.1. The van der Waals surface area contributed by atoms with Crippen LogP contribution in [0.25, 0.3) is 0 Å². The largest absolute Gasteiger partial charge is 0.382 e. The zero-order chi connectivity index (χ0) is 14.5. The first-order chi connectivity index (χ1) is 8.88. The van der Waals surface area contributed by atoms with Crippen molar-refractivity contribution in [1.29, 1.82) is 0 Å². The minimum absolute atomic E-state index is 0.166. The number of anilines is 2. The fourth-order valence-electron chi connectivity index (χ4n) is 1.80. The quantitative estimate of drug-likeness (QED) is 0.794. The molecule has 108 valence electrons. The van der Waals surface area contributed by atoms with E-state index in [-0.39, 0.29) is 5.54 Å². The van der Waals surface area contributed by atoms with Crippen molar-refractivity contribution in [2.24, 2.45) is 0 Å². The molecule has 0 aliphatic carbocycles. The van der Waals surface area contributed by atoms with Crippen molar-refractivity contribution in [3.05, 3.63) is 11.9 Å². The molecule has 2 N–H and O–H groups in total. The number of methoxy groups -OCH3 is 1. The fraction of sp³-hybridized carbons (Fsp3) is 0.714. The van der Waals surface area contributed by atoms with Crippen molar-refractivity contribution in [1.82, 2.24) is 9.97 Å². The first kappa shape index (κ1) is 15.7. The minimum Gasteiger partial charge on any atom is -0.382 e. The number of nitrogens with one attached hydrogen (secondary N) is 2. The van der Waals surface area contributed by atoms with Crippen LogP contribution < -0.4 is 10.6 Å². The Balaban J connectivity index is 2.98. The van der Waals surface area contributed by atoms with Gasteiger partial charge in [0.15, 0.2) is 0 Å². The van der Waals surface area contributed by atoms with Gasteiger partial charge in [0, 0.05) is 25.6 Å². The van der Waals surface area contributed by atoms with Gasteiger partial charge >= 0.3 is 0 Å². The predicted molar refractivity (Wildman–Crippen MR) is 79.9 cm³/mol. The molecule has 0 radical (unpaired) electrons. The third-order valence-electron chi connectivity index (χ3n) is 2.59. The average molecular weight is 266 g/mol. The van der Waals surface area contributed by atoms with Gasteiger partial charge in [-0.15, -0.1) is 0 Å². The van der Waals surface area contributed by atoms with Gasteiger partial charge in [-0.1, -0.05) is 13.8 Å². The molecule has 1 heterocycles. The fourth-order valence-corrected chi connectivity index (χ4v) is 1.80. The van der Waals surface area contributed by atoms with E-state index < -0.39 is 0 Å². The predicted octanol–water partition coefficient (Wildman–Crippen LogP) is 2.87. The summed E-state index contributed by atoms with van der Waals surface area (Å²) in [5.41, 5.74) is -0.166. The first-order valence-corrected chi connectivity index (χ1v) is 6.78. The summed E-state index contributed by atoms with van der Waals surface area (Å²) >= 11 is 0. The third-order valence-corrected chi connectivity index (χ3v) is 2.59.